The fourth-order valence-electron chi connectivity index (χ4n) is 4.48. The normalized spacial score (nSPS) is 17.7. The van der Waals surface area contributed by atoms with Gasteiger partial charge in [0.25, 0.3) is 0 Å². The van der Waals surface area contributed by atoms with E-state index < -0.39 is 0 Å². The first kappa shape index (κ1) is 21.7. The number of piperazine rings is 1. The summed E-state index contributed by atoms with van der Waals surface area (Å²) in [6, 6.07) is 8.13. The second kappa shape index (κ2) is 10.2. The Hall–Kier alpha value is -2.51. The quantitative estimate of drug-likeness (QED) is 0.643. The molecular formula is C24H34N4O3. The zero-order chi connectivity index (χ0) is 21.6. The Morgan fingerprint density at radius 3 is 1.87 bits per heavy atom. The number of hydrogen-bond donors (Lipinski definition) is 0. The molecule has 1 aromatic heterocycles. The van der Waals surface area contributed by atoms with Gasteiger partial charge in [-0.15, -0.1) is 0 Å². The summed E-state index contributed by atoms with van der Waals surface area (Å²) in [6.45, 7) is 9.20. The van der Waals surface area contributed by atoms with Gasteiger partial charge in [0.05, 0.1) is 21.3 Å². The molecule has 7 heteroatoms. The van der Waals surface area contributed by atoms with Crippen LogP contribution in [0.3, 0.4) is 0 Å². The highest BCUT2D eigenvalue weighted by Crippen LogP contribution is 2.41. The average molecular weight is 427 g/mol. The number of nitrogens with zero attached hydrogens (tertiary/aromatic N) is 4. The van der Waals surface area contributed by atoms with E-state index in [1.165, 1.54) is 39.0 Å². The number of rotatable bonds is 8. The van der Waals surface area contributed by atoms with Crippen LogP contribution in [0.5, 0.6) is 17.2 Å². The Labute approximate surface area is 185 Å². The fraction of sp³-hybridized carbons (Fsp3) is 0.542. The summed E-state index contributed by atoms with van der Waals surface area (Å²) in [7, 11) is 4.88. The molecule has 0 atom stereocenters. The molecule has 0 N–H and O–H groups in total. The number of hydrogen-bond acceptors (Lipinski definition) is 7. The van der Waals surface area contributed by atoms with Gasteiger partial charge in [0.15, 0.2) is 11.5 Å². The molecule has 0 unspecified atom stereocenters. The van der Waals surface area contributed by atoms with Crippen molar-refractivity contribution in [3.63, 3.8) is 0 Å². The molecule has 2 aliphatic rings. The molecule has 3 heterocycles. The van der Waals surface area contributed by atoms with Gasteiger partial charge in [0.2, 0.25) is 5.75 Å². The van der Waals surface area contributed by atoms with E-state index in [1.807, 2.05) is 18.3 Å². The predicted octanol–water partition coefficient (Wildman–Crippen LogP) is 2.99. The first-order valence-electron chi connectivity index (χ1n) is 11.2. The molecule has 0 spiro atoms. The lowest BCUT2D eigenvalue weighted by atomic mass is 10.1. The Balaban J connectivity index is 1.37. The van der Waals surface area contributed by atoms with E-state index in [0.717, 1.165) is 43.1 Å². The molecule has 2 fully saturated rings. The smallest absolute Gasteiger partial charge is 0.203 e. The van der Waals surface area contributed by atoms with Gasteiger partial charge in [-0.05, 0) is 55.8 Å². The standard InChI is InChI=1S/C24H34N4O3/c1-29-21-16-20(17-22(30-2)24(21)31-3)19-6-7-23(25-18-19)28-14-12-27(13-15-28)11-10-26-8-4-5-9-26/h6-7,16-18H,4-5,8-15H2,1-3H3. The minimum Gasteiger partial charge on any atom is -0.493 e. The number of anilines is 1. The third kappa shape index (κ3) is 5.05. The van der Waals surface area contributed by atoms with Gasteiger partial charge in [-0.2, -0.15) is 0 Å². The molecular weight excluding hydrogens is 392 g/mol. The number of methoxy groups -OCH3 is 3. The average Bonchev–Trinajstić information content (AvgIpc) is 3.36. The zero-order valence-corrected chi connectivity index (χ0v) is 19.0. The maximum absolute atomic E-state index is 5.48. The Bertz CT molecular complexity index is 819. The minimum absolute atomic E-state index is 0.598. The van der Waals surface area contributed by atoms with Crippen LogP contribution in [0.1, 0.15) is 12.8 Å². The van der Waals surface area contributed by atoms with Crippen LogP contribution < -0.4 is 19.1 Å². The van der Waals surface area contributed by atoms with E-state index in [2.05, 4.69) is 26.8 Å². The monoisotopic (exact) mass is 426 g/mol. The van der Waals surface area contributed by atoms with E-state index in [0.29, 0.717) is 17.2 Å². The number of likely N-dealkylation sites (tertiary alicyclic amines) is 1. The van der Waals surface area contributed by atoms with Crippen molar-refractivity contribution in [1.29, 1.82) is 0 Å². The minimum atomic E-state index is 0.598. The Kier molecular flexibility index (Phi) is 7.14. The molecule has 0 amide bonds. The van der Waals surface area contributed by atoms with Gasteiger partial charge in [-0.1, -0.05) is 0 Å². The second-order valence-corrected chi connectivity index (χ2v) is 8.20. The van der Waals surface area contributed by atoms with E-state index in [4.69, 9.17) is 19.2 Å². The maximum Gasteiger partial charge on any atom is 0.203 e. The molecule has 2 saturated heterocycles. The van der Waals surface area contributed by atoms with Crippen molar-refractivity contribution in [2.24, 2.45) is 0 Å². The highest BCUT2D eigenvalue weighted by atomic mass is 16.5. The lowest BCUT2D eigenvalue weighted by Crippen LogP contribution is -2.48. The van der Waals surface area contributed by atoms with Gasteiger partial charge in [0, 0.05) is 51.0 Å². The Morgan fingerprint density at radius 1 is 0.742 bits per heavy atom. The van der Waals surface area contributed by atoms with Gasteiger partial charge in [0.1, 0.15) is 5.82 Å². The molecule has 0 aliphatic carbocycles. The molecule has 0 radical (unpaired) electrons. The van der Waals surface area contributed by atoms with Crippen molar-refractivity contribution in [2.45, 2.75) is 12.8 Å². The van der Waals surface area contributed by atoms with Crippen LogP contribution in [0, 0.1) is 0 Å². The molecule has 7 nitrogen and oxygen atoms in total. The van der Waals surface area contributed by atoms with Crippen molar-refractivity contribution in [3.8, 4) is 28.4 Å². The largest absolute Gasteiger partial charge is 0.493 e. The van der Waals surface area contributed by atoms with Crippen molar-refractivity contribution in [1.82, 2.24) is 14.8 Å². The van der Waals surface area contributed by atoms with Crippen LogP contribution in [0.2, 0.25) is 0 Å². The number of pyridine rings is 1. The van der Waals surface area contributed by atoms with Crippen LogP contribution in [0.25, 0.3) is 11.1 Å². The number of benzene rings is 1. The van der Waals surface area contributed by atoms with Crippen molar-refractivity contribution in [3.05, 3.63) is 30.5 Å². The van der Waals surface area contributed by atoms with Gasteiger partial charge >= 0.3 is 0 Å². The molecule has 4 rings (SSSR count). The summed E-state index contributed by atoms with van der Waals surface area (Å²) in [4.78, 5) is 12.3. The molecule has 0 saturated carbocycles. The van der Waals surface area contributed by atoms with E-state index >= 15 is 0 Å². The summed E-state index contributed by atoms with van der Waals surface area (Å²) in [5, 5.41) is 0. The number of aromatic nitrogens is 1. The topological polar surface area (TPSA) is 50.3 Å². The molecule has 2 aromatic rings. The first-order chi connectivity index (χ1) is 15.2. The van der Waals surface area contributed by atoms with Gasteiger partial charge in [-0.25, -0.2) is 4.98 Å². The highest BCUT2D eigenvalue weighted by molar-refractivity contribution is 5.71. The van der Waals surface area contributed by atoms with Crippen molar-refractivity contribution >= 4 is 5.82 Å². The van der Waals surface area contributed by atoms with Crippen LogP contribution >= 0.6 is 0 Å². The van der Waals surface area contributed by atoms with Crippen LogP contribution in [0.4, 0.5) is 5.82 Å². The van der Waals surface area contributed by atoms with Crippen LogP contribution in [0.15, 0.2) is 30.5 Å². The van der Waals surface area contributed by atoms with Gasteiger partial charge in [-0.3, -0.25) is 4.90 Å². The second-order valence-electron chi connectivity index (χ2n) is 8.20. The molecule has 1 aromatic carbocycles. The number of ether oxygens (including phenoxy) is 3. The van der Waals surface area contributed by atoms with Crippen LogP contribution in [-0.2, 0) is 0 Å². The maximum atomic E-state index is 5.48. The third-order valence-corrected chi connectivity index (χ3v) is 6.37. The fourth-order valence-corrected chi connectivity index (χ4v) is 4.48. The SMILES string of the molecule is COc1cc(-c2ccc(N3CCN(CCN4CCCC4)CC3)nc2)cc(OC)c1OC. The molecule has 0 bridgehead atoms. The third-order valence-electron chi connectivity index (χ3n) is 6.37. The Morgan fingerprint density at radius 2 is 1.35 bits per heavy atom. The van der Waals surface area contributed by atoms with Gasteiger partial charge < -0.3 is 24.0 Å². The lowest BCUT2D eigenvalue weighted by Gasteiger charge is -2.36. The summed E-state index contributed by atoms with van der Waals surface area (Å²) >= 11 is 0. The van der Waals surface area contributed by atoms with Crippen molar-refractivity contribution in [2.75, 3.05) is 78.6 Å². The highest BCUT2D eigenvalue weighted by Gasteiger charge is 2.20. The lowest BCUT2D eigenvalue weighted by molar-refractivity contribution is 0.215. The summed E-state index contributed by atoms with van der Waals surface area (Å²) in [5.74, 6) is 2.92. The van der Waals surface area contributed by atoms with E-state index in [-0.39, 0.29) is 0 Å². The van der Waals surface area contributed by atoms with Crippen molar-refractivity contribution < 1.29 is 14.2 Å². The van der Waals surface area contributed by atoms with E-state index in [1.54, 1.807) is 21.3 Å². The summed E-state index contributed by atoms with van der Waals surface area (Å²) in [5.41, 5.74) is 2.01. The summed E-state index contributed by atoms with van der Waals surface area (Å²) < 4.78 is 16.4. The van der Waals surface area contributed by atoms with Crippen LogP contribution in [-0.4, -0.2) is 88.5 Å². The predicted molar refractivity (Wildman–Crippen MR) is 124 cm³/mol. The molecule has 31 heavy (non-hydrogen) atoms. The summed E-state index contributed by atoms with van der Waals surface area (Å²) in [6.07, 6.45) is 4.66. The zero-order valence-electron chi connectivity index (χ0n) is 19.0. The molecule has 2 aliphatic heterocycles. The molecule has 168 valence electrons. The van der Waals surface area contributed by atoms with E-state index in [9.17, 15) is 0 Å². The first-order valence-corrected chi connectivity index (χ1v) is 11.2.